The largest absolute Gasteiger partial charge is 0.478 e. The van der Waals surface area contributed by atoms with Gasteiger partial charge in [-0.3, -0.25) is 0 Å². The molecule has 4 nitrogen and oxygen atoms in total. The molecule has 0 atom stereocenters. The minimum atomic E-state index is -1.01. The first-order valence-corrected chi connectivity index (χ1v) is 5.93. The van der Waals surface area contributed by atoms with E-state index in [0.29, 0.717) is 11.1 Å². The lowest BCUT2D eigenvalue weighted by molar-refractivity contribution is -0.132. The van der Waals surface area contributed by atoms with Crippen molar-refractivity contribution in [1.29, 1.82) is 5.26 Å². The minimum Gasteiger partial charge on any atom is -0.478 e. The van der Waals surface area contributed by atoms with Crippen LogP contribution in [0.1, 0.15) is 33.6 Å². The van der Waals surface area contributed by atoms with Gasteiger partial charge in [-0.25, -0.2) is 4.79 Å². The molecule has 4 heteroatoms. The number of rotatable bonds is 4. The zero-order chi connectivity index (χ0) is 15.3. The summed E-state index contributed by atoms with van der Waals surface area (Å²) >= 11 is 0. The van der Waals surface area contributed by atoms with Gasteiger partial charge in [0.1, 0.15) is 0 Å². The van der Waals surface area contributed by atoms with Gasteiger partial charge in [0.2, 0.25) is 0 Å². The topological polar surface area (TPSA) is 65.5 Å². The normalized spacial score (nSPS) is 9.05. The molecule has 0 fully saturated rings. The van der Waals surface area contributed by atoms with Crippen molar-refractivity contribution in [3.8, 4) is 12.1 Å². The number of allylic oxidation sites excluding steroid dienone is 2. The molecule has 0 heterocycles. The maximum atomic E-state index is 10.4. The second kappa shape index (κ2) is 12.1. The van der Waals surface area contributed by atoms with Crippen molar-refractivity contribution >= 4 is 5.97 Å². The quantitative estimate of drug-likeness (QED) is 0.362. The standard InChI is InChI=1S/C11H15NO2.C4H5N/c1-4-5-6-12-8-9(2)7-10(3)11(13)14;1-4(2)3-5/h7H,3-6H2,1-2H3;1H2,2H3/p+1. The number of unbranched alkanes of at least 4 members (excludes halogenated alkanes) is 1. The van der Waals surface area contributed by atoms with Crippen LogP contribution in [0.2, 0.25) is 0 Å². The van der Waals surface area contributed by atoms with E-state index in [1.165, 1.54) is 6.08 Å². The maximum Gasteiger partial charge on any atom is 0.335 e. The van der Waals surface area contributed by atoms with Crippen molar-refractivity contribution in [2.75, 3.05) is 6.54 Å². The molecule has 0 aliphatic carbocycles. The molecule has 0 bridgehead atoms. The smallest absolute Gasteiger partial charge is 0.335 e. The summed E-state index contributed by atoms with van der Waals surface area (Å²) < 4.78 is 0. The van der Waals surface area contributed by atoms with E-state index in [4.69, 9.17) is 10.4 Å². The number of hydrogen-bond donors (Lipinski definition) is 1. The summed E-state index contributed by atoms with van der Waals surface area (Å²) in [4.78, 5) is 14.4. The average molecular weight is 261 g/mol. The van der Waals surface area contributed by atoms with Crippen molar-refractivity contribution in [3.05, 3.63) is 40.8 Å². The SMILES string of the molecule is C=C(C)C#N.C=C(C=C(C)C#[N+]CCCC)C(=O)O. The molecule has 1 N–H and O–H groups in total. The molecule has 0 saturated carbocycles. The van der Waals surface area contributed by atoms with E-state index >= 15 is 0 Å². The molecule has 0 aromatic carbocycles. The van der Waals surface area contributed by atoms with Crippen LogP contribution in [0.25, 0.3) is 4.85 Å². The third kappa shape index (κ3) is 15.7. The van der Waals surface area contributed by atoms with Gasteiger partial charge in [-0.05, 0) is 26.3 Å². The van der Waals surface area contributed by atoms with Gasteiger partial charge in [0.25, 0.3) is 6.54 Å². The van der Waals surface area contributed by atoms with Crippen molar-refractivity contribution in [2.24, 2.45) is 0 Å². The van der Waals surface area contributed by atoms with E-state index < -0.39 is 5.97 Å². The number of carbonyl (C=O) groups is 1. The van der Waals surface area contributed by atoms with Gasteiger partial charge in [0, 0.05) is 12.0 Å². The summed E-state index contributed by atoms with van der Waals surface area (Å²) in [6.07, 6.45) is 3.58. The Morgan fingerprint density at radius 2 is 1.95 bits per heavy atom. The Labute approximate surface area is 115 Å². The summed E-state index contributed by atoms with van der Waals surface area (Å²) in [5.41, 5.74) is 1.30. The molecule has 0 spiro atoms. The lowest BCUT2D eigenvalue weighted by Gasteiger charge is -1.87. The van der Waals surface area contributed by atoms with Crippen LogP contribution in [0.4, 0.5) is 0 Å². The fraction of sp³-hybridized carbons (Fsp3) is 0.400. The third-order valence-corrected chi connectivity index (χ3v) is 1.74. The van der Waals surface area contributed by atoms with E-state index in [9.17, 15) is 4.79 Å². The van der Waals surface area contributed by atoms with Gasteiger partial charge in [-0.2, -0.15) is 5.26 Å². The maximum absolute atomic E-state index is 10.4. The number of carboxylic acids is 1. The Morgan fingerprint density at radius 1 is 1.42 bits per heavy atom. The van der Waals surface area contributed by atoms with Crippen LogP contribution in [-0.2, 0) is 4.79 Å². The van der Waals surface area contributed by atoms with E-state index in [0.717, 1.165) is 19.4 Å². The highest BCUT2D eigenvalue weighted by Gasteiger charge is 2.01. The van der Waals surface area contributed by atoms with Crippen molar-refractivity contribution < 1.29 is 9.90 Å². The third-order valence-electron chi connectivity index (χ3n) is 1.74. The first kappa shape index (κ1) is 19.0. The molecule has 0 aromatic rings. The fourth-order valence-corrected chi connectivity index (χ4v) is 0.773. The molecule has 0 aromatic heterocycles. The van der Waals surface area contributed by atoms with Gasteiger partial charge < -0.3 is 5.11 Å². The monoisotopic (exact) mass is 261 g/mol. The fourth-order valence-electron chi connectivity index (χ4n) is 0.773. The Balaban J connectivity index is 0. The predicted molar refractivity (Wildman–Crippen MR) is 78.0 cm³/mol. The number of hydrogen-bond acceptors (Lipinski definition) is 2. The highest BCUT2D eigenvalue weighted by atomic mass is 16.4. The highest BCUT2D eigenvalue weighted by Crippen LogP contribution is 1.99. The van der Waals surface area contributed by atoms with Crippen LogP contribution in [0.15, 0.2) is 36.0 Å². The van der Waals surface area contributed by atoms with Crippen LogP contribution >= 0.6 is 0 Å². The van der Waals surface area contributed by atoms with Crippen LogP contribution in [0.5, 0.6) is 0 Å². The van der Waals surface area contributed by atoms with E-state index in [1.54, 1.807) is 13.8 Å². The molecule has 0 aliphatic heterocycles. The number of aliphatic carboxylic acids is 1. The van der Waals surface area contributed by atoms with Gasteiger partial charge in [-0.1, -0.05) is 24.9 Å². The van der Waals surface area contributed by atoms with Crippen molar-refractivity contribution in [1.82, 2.24) is 0 Å². The van der Waals surface area contributed by atoms with Crippen LogP contribution in [0.3, 0.4) is 0 Å². The van der Waals surface area contributed by atoms with Gasteiger partial charge in [0.05, 0.1) is 17.2 Å². The zero-order valence-electron chi connectivity index (χ0n) is 11.9. The van der Waals surface area contributed by atoms with Gasteiger partial charge in [-0.15, -0.1) is 0 Å². The highest BCUT2D eigenvalue weighted by molar-refractivity contribution is 5.89. The first-order valence-electron chi connectivity index (χ1n) is 5.93. The predicted octanol–water partition coefficient (Wildman–Crippen LogP) is 3.79. The summed E-state index contributed by atoms with van der Waals surface area (Å²) in [5.74, 6) is -1.01. The summed E-state index contributed by atoms with van der Waals surface area (Å²) in [6.45, 7) is 12.9. The molecule has 102 valence electrons. The summed E-state index contributed by atoms with van der Waals surface area (Å²) in [5, 5.41) is 16.3. The summed E-state index contributed by atoms with van der Waals surface area (Å²) in [6, 6.07) is 4.60. The lowest BCUT2D eigenvalue weighted by atomic mass is 10.2. The zero-order valence-corrected chi connectivity index (χ0v) is 11.9. The Morgan fingerprint density at radius 3 is 2.32 bits per heavy atom. The second-order valence-electron chi connectivity index (χ2n) is 3.90. The van der Waals surface area contributed by atoms with Crippen molar-refractivity contribution in [3.63, 3.8) is 0 Å². The average Bonchev–Trinajstić information content (AvgIpc) is 2.35. The molecular formula is C15H21N2O2+. The van der Waals surface area contributed by atoms with Crippen LogP contribution < -0.4 is 0 Å². The molecule has 0 radical (unpaired) electrons. The molecule has 0 amide bonds. The lowest BCUT2D eigenvalue weighted by Crippen LogP contribution is -1.95. The van der Waals surface area contributed by atoms with Crippen molar-refractivity contribution in [2.45, 2.75) is 33.6 Å². The van der Waals surface area contributed by atoms with Crippen LogP contribution in [0, 0.1) is 17.4 Å². The first-order chi connectivity index (χ1) is 8.84. The van der Waals surface area contributed by atoms with E-state index in [-0.39, 0.29) is 5.57 Å². The van der Waals surface area contributed by atoms with Gasteiger partial charge >= 0.3 is 12.0 Å². The Bertz CT molecular complexity index is 457. The Kier molecular flexibility index (Phi) is 12.1. The van der Waals surface area contributed by atoms with E-state index in [2.05, 4.69) is 31.0 Å². The van der Waals surface area contributed by atoms with Gasteiger partial charge in [0.15, 0.2) is 0 Å². The number of nitrogens with zero attached hydrogens (tertiary/aromatic N) is 2. The summed E-state index contributed by atoms with van der Waals surface area (Å²) in [7, 11) is 0. The molecule has 0 saturated heterocycles. The number of carboxylic acid groups (broad SMARTS) is 1. The Hall–Kier alpha value is -2.33. The van der Waals surface area contributed by atoms with E-state index in [1.807, 2.05) is 6.07 Å². The molecule has 0 rings (SSSR count). The molecular weight excluding hydrogens is 240 g/mol. The molecule has 19 heavy (non-hydrogen) atoms. The minimum absolute atomic E-state index is 0.0562. The number of nitriles is 1. The molecule has 0 aliphatic rings. The molecule has 0 unspecified atom stereocenters. The van der Waals surface area contributed by atoms with Crippen LogP contribution in [-0.4, -0.2) is 17.6 Å². The second-order valence-corrected chi connectivity index (χ2v) is 3.90.